The van der Waals surface area contributed by atoms with Gasteiger partial charge in [-0.15, -0.1) is 0 Å². The summed E-state index contributed by atoms with van der Waals surface area (Å²) >= 11 is 0. The Labute approximate surface area is 105 Å². The zero-order chi connectivity index (χ0) is 12.1. The van der Waals surface area contributed by atoms with Gasteiger partial charge in [0.05, 0.1) is 0 Å². The minimum atomic E-state index is 0.424. The van der Waals surface area contributed by atoms with Crippen LogP contribution in [0, 0.1) is 5.92 Å². The van der Waals surface area contributed by atoms with Crippen molar-refractivity contribution in [3.63, 3.8) is 0 Å². The average Bonchev–Trinajstić information content (AvgIpc) is 2.75. The lowest BCUT2D eigenvalue weighted by molar-refractivity contribution is 0.423. The highest BCUT2D eigenvalue weighted by Gasteiger charge is 2.23. The fourth-order valence-electron chi connectivity index (χ4n) is 2.80. The van der Waals surface area contributed by atoms with Crippen molar-refractivity contribution in [1.82, 2.24) is 5.32 Å². The summed E-state index contributed by atoms with van der Waals surface area (Å²) in [6.07, 6.45) is 5.03. The first-order chi connectivity index (χ1) is 8.28. The van der Waals surface area contributed by atoms with Crippen LogP contribution in [-0.4, -0.2) is 18.6 Å². The van der Waals surface area contributed by atoms with E-state index in [-0.39, 0.29) is 0 Å². The molecule has 0 spiro atoms. The molecule has 2 nitrogen and oxygen atoms in total. The van der Waals surface area contributed by atoms with Crippen molar-refractivity contribution in [2.75, 3.05) is 6.54 Å². The smallest absolute Gasteiger partial charge is 0.0233 e. The molecule has 1 aromatic carbocycles. The molecular weight excluding hydrogens is 208 g/mol. The number of nitrogens with two attached hydrogens (primary N) is 1. The third-order valence-corrected chi connectivity index (χ3v) is 3.78. The summed E-state index contributed by atoms with van der Waals surface area (Å²) in [5.74, 6) is 0.877. The summed E-state index contributed by atoms with van der Waals surface area (Å²) in [4.78, 5) is 0. The molecule has 17 heavy (non-hydrogen) atoms. The summed E-state index contributed by atoms with van der Waals surface area (Å²) in [7, 11) is 0. The standard InChI is InChI=1S/C15H24N2/c1-12-7-8-14(9-12)17-15(11-16)10-13-5-3-2-4-6-13/h2-6,12,14-15,17H,7-11,16H2,1H3. The fraction of sp³-hybridized carbons (Fsp3) is 0.600. The number of rotatable bonds is 5. The third-order valence-electron chi connectivity index (χ3n) is 3.78. The van der Waals surface area contributed by atoms with Crippen molar-refractivity contribution in [3.05, 3.63) is 35.9 Å². The van der Waals surface area contributed by atoms with Crippen LogP contribution in [0.1, 0.15) is 31.7 Å². The molecule has 3 atom stereocenters. The number of benzene rings is 1. The van der Waals surface area contributed by atoms with E-state index in [0.717, 1.165) is 18.9 Å². The maximum Gasteiger partial charge on any atom is 0.0233 e. The molecular formula is C15H24N2. The second kappa shape index (κ2) is 6.18. The quantitative estimate of drug-likeness (QED) is 0.817. The van der Waals surface area contributed by atoms with Gasteiger partial charge < -0.3 is 11.1 Å². The molecule has 1 saturated carbocycles. The predicted molar refractivity (Wildman–Crippen MR) is 72.9 cm³/mol. The largest absolute Gasteiger partial charge is 0.329 e. The van der Waals surface area contributed by atoms with Gasteiger partial charge in [0, 0.05) is 18.6 Å². The van der Waals surface area contributed by atoms with Gasteiger partial charge in [0.15, 0.2) is 0 Å². The van der Waals surface area contributed by atoms with Crippen LogP contribution in [-0.2, 0) is 6.42 Å². The van der Waals surface area contributed by atoms with Crippen LogP contribution in [0.3, 0.4) is 0 Å². The van der Waals surface area contributed by atoms with Crippen molar-refractivity contribution in [1.29, 1.82) is 0 Å². The molecule has 1 fully saturated rings. The summed E-state index contributed by atoms with van der Waals surface area (Å²) in [6.45, 7) is 3.07. The van der Waals surface area contributed by atoms with E-state index in [0.29, 0.717) is 12.1 Å². The minimum Gasteiger partial charge on any atom is -0.329 e. The Kier molecular flexibility index (Phi) is 4.57. The van der Waals surface area contributed by atoms with Gasteiger partial charge in [0.25, 0.3) is 0 Å². The summed E-state index contributed by atoms with van der Waals surface area (Å²) in [6, 6.07) is 11.7. The highest BCUT2D eigenvalue weighted by atomic mass is 15.0. The highest BCUT2D eigenvalue weighted by Crippen LogP contribution is 2.25. The van der Waals surface area contributed by atoms with Gasteiger partial charge in [-0.1, -0.05) is 37.3 Å². The number of nitrogens with one attached hydrogen (secondary N) is 1. The predicted octanol–water partition coefficient (Wildman–Crippen LogP) is 2.33. The Morgan fingerprint density at radius 1 is 1.29 bits per heavy atom. The van der Waals surface area contributed by atoms with E-state index in [1.54, 1.807) is 0 Å². The number of hydrogen-bond acceptors (Lipinski definition) is 2. The molecule has 1 aromatic rings. The second-order valence-corrected chi connectivity index (χ2v) is 5.40. The molecule has 1 aliphatic rings. The second-order valence-electron chi connectivity index (χ2n) is 5.40. The molecule has 94 valence electrons. The average molecular weight is 232 g/mol. The molecule has 0 radical (unpaired) electrons. The zero-order valence-electron chi connectivity index (χ0n) is 10.7. The Morgan fingerprint density at radius 3 is 2.65 bits per heavy atom. The van der Waals surface area contributed by atoms with Crippen LogP contribution in [0.5, 0.6) is 0 Å². The lowest BCUT2D eigenvalue weighted by Crippen LogP contribution is -2.43. The van der Waals surface area contributed by atoms with Gasteiger partial charge in [-0.05, 0) is 37.2 Å². The van der Waals surface area contributed by atoms with Crippen LogP contribution in [0.4, 0.5) is 0 Å². The van der Waals surface area contributed by atoms with E-state index in [1.165, 1.54) is 24.8 Å². The molecule has 3 N–H and O–H groups in total. The van der Waals surface area contributed by atoms with E-state index in [1.807, 2.05) is 0 Å². The third kappa shape index (κ3) is 3.83. The molecule has 0 saturated heterocycles. The monoisotopic (exact) mass is 232 g/mol. The Hall–Kier alpha value is -0.860. The van der Waals surface area contributed by atoms with Crippen LogP contribution in [0.25, 0.3) is 0 Å². The fourth-order valence-corrected chi connectivity index (χ4v) is 2.80. The SMILES string of the molecule is CC1CCC(NC(CN)Cc2ccccc2)C1. The van der Waals surface area contributed by atoms with Crippen molar-refractivity contribution in [2.24, 2.45) is 11.7 Å². The Balaban J connectivity index is 1.85. The maximum atomic E-state index is 5.87. The Bertz CT molecular complexity index is 323. The van der Waals surface area contributed by atoms with Crippen molar-refractivity contribution < 1.29 is 0 Å². The van der Waals surface area contributed by atoms with Gasteiger partial charge in [-0.2, -0.15) is 0 Å². The van der Waals surface area contributed by atoms with E-state index >= 15 is 0 Å². The van der Waals surface area contributed by atoms with Crippen LogP contribution < -0.4 is 11.1 Å². The van der Waals surface area contributed by atoms with E-state index < -0.39 is 0 Å². The van der Waals surface area contributed by atoms with Gasteiger partial charge in [-0.25, -0.2) is 0 Å². The maximum absolute atomic E-state index is 5.87. The van der Waals surface area contributed by atoms with Gasteiger partial charge in [-0.3, -0.25) is 0 Å². The van der Waals surface area contributed by atoms with Crippen molar-refractivity contribution in [2.45, 2.75) is 44.7 Å². The van der Waals surface area contributed by atoms with E-state index in [4.69, 9.17) is 5.73 Å². The molecule has 1 aliphatic carbocycles. The zero-order valence-corrected chi connectivity index (χ0v) is 10.7. The lowest BCUT2D eigenvalue weighted by atomic mass is 10.0. The molecule has 2 rings (SSSR count). The Morgan fingerprint density at radius 2 is 2.06 bits per heavy atom. The van der Waals surface area contributed by atoms with Gasteiger partial charge in [0.1, 0.15) is 0 Å². The molecule has 3 unspecified atom stereocenters. The summed E-state index contributed by atoms with van der Waals surface area (Å²) in [5.41, 5.74) is 7.25. The van der Waals surface area contributed by atoms with Crippen LogP contribution in [0.15, 0.2) is 30.3 Å². The highest BCUT2D eigenvalue weighted by molar-refractivity contribution is 5.16. The lowest BCUT2D eigenvalue weighted by Gasteiger charge is -2.22. The van der Waals surface area contributed by atoms with Crippen LogP contribution >= 0.6 is 0 Å². The normalized spacial score (nSPS) is 26.0. The van der Waals surface area contributed by atoms with E-state index in [9.17, 15) is 0 Å². The molecule has 0 aliphatic heterocycles. The first-order valence-electron chi connectivity index (χ1n) is 6.78. The molecule has 0 heterocycles. The van der Waals surface area contributed by atoms with Crippen LogP contribution in [0.2, 0.25) is 0 Å². The van der Waals surface area contributed by atoms with Gasteiger partial charge >= 0.3 is 0 Å². The first-order valence-corrected chi connectivity index (χ1v) is 6.78. The minimum absolute atomic E-state index is 0.424. The van der Waals surface area contributed by atoms with E-state index in [2.05, 4.69) is 42.6 Å². The van der Waals surface area contributed by atoms with Crippen molar-refractivity contribution in [3.8, 4) is 0 Å². The van der Waals surface area contributed by atoms with Gasteiger partial charge in [0.2, 0.25) is 0 Å². The summed E-state index contributed by atoms with van der Waals surface area (Å²) < 4.78 is 0. The summed E-state index contributed by atoms with van der Waals surface area (Å²) in [5, 5.41) is 3.72. The molecule has 0 aromatic heterocycles. The topological polar surface area (TPSA) is 38.0 Å². The number of hydrogen-bond donors (Lipinski definition) is 2. The molecule has 0 bridgehead atoms. The molecule has 0 amide bonds. The molecule has 2 heteroatoms. The van der Waals surface area contributed by atoms with Crippen molar-refractivity contribution >= 4 is 0 Å². The first kappa shape index (κ1) is 12.6.